The van der Waals surface area contributed by atoms with Crippen molar-refractivity contribution in [2.75, 3.05) is 18.4 Å². The maximum Gasteiger partial charge on any atom is 0.328 e. The number of anilines is 1. The van der Waals surface area contributed by atoms with Gasteiger partial charge in [-0.05, 0) is 35.8 Å². The van der Waals surface area contributed by atoms with Crippen molar-refractivity contribution in [3.63, 3.8) is 0 Å². The van der Waals surface area contributed by atoms with E-state index in [0.717, 1.165) is 43.5 Å². The summed E-state index contributed by atoms with van der Waals surface area (Å²) in [4.78, 5) is 17.3. The summed E-state index contributed by atoms with van der Waals surface area (Å²) in [5.41, 5.74) is 2.12. The van der Waals surface area contributed by atoms with Crippen molar-refractivity contribution in [2.45, 2.75) is 19.0 Å². The maximum atomic E-state index is 10.5. The molecule has 1 aromatic carbocycles. The van der Waals surface area contributed by atoms with Crippen LogP contribution in [0.1, 0.15) is 17.5 Å². The minimum Gasteiger partial charge on any atom is -0.478 e. The van der Waals surface area contributed by atoms with E-state index >= 15 is 0 Å². The first-order valence-corrected chi connectivity index (χ1v) is 8.09. The SMILES string of the molecule is O=C(O)C=Cc1ccc(N[C@@H]2CCN(Cc3ccccc3)C2)nc1. The highest BCUT2D eigenvalue weighted by Gasteiger charge is 2.22. The van der Waals surface area contributed by atoms with Crippen LogP contribution >= 0.6 is 0 Å². The highest BCUT2D eigenvalue weighted by molar-refractivity contribution is 5.85. The number of pyridine rings is 1. The van der Waals surface area contributed by atoms with Gasteiger partial charge in [0, 0.05) is 37.9 Å². The van der Waals surface area contributed by atoms with Crippen LogP contribution in [-0.2, 0) is 11.3 Å². The number of hydrogen-bond donors (Lipinski definition) is 2. The summed E-state index contributed by atoms with van der Waals surface area (Å²) in [6.45, 7) is 3.05. The number of carboxylic acid groups (broad SMARTS) is 1. The molecule has 0 saturated carbocycles. The minimum atomic E-state index is -0.957. The molecule has 0 bridgehead atoms. The van der Waals surface area contributed by atoms with Crippen LogP contribution in [0, 0.1) is 0 Å². The van der Waals surface area contributed by atoms with Gasteiger partial charge >= 0.3 is 5.97 Å². The molecule has 5 heteroatoms. The minimum absolute atomic E-state index is 0.390. The number of rotatable bonds is 6. The molecule has 0 aliphatic carbocycles. The lowest BCUT2D eigenvalue weighted by Gasteiger charge is -2.17. The first-order chi connectivity index (χ1) is 11.7. The van der Waals surface area contributed by atoms with Crippen LogP contribution in [0.4, 0.5) is 5.82 Å². The van der Waals surface area contributed by atoms with Crippen LogP contribution in [0.25, 0.3) is 6.08 Å². The largest absolute Gasteiger partial charge is 0.478 e. The quantitative estimate of drug-likeness (QED) is 0.800. The predicted octanol–water partition coefficient (Wildman–Crippen LogP) is 2.87. The van der Waals surface area contributed by atoms with Crippen LogP contribution in [0.2, 0.25) is 0 Å². The molecule has 2 heterocycles. The third-order valence-electron chi connectivity index (χ3n) is 4.08. The van der Waals surface area contributed by atoms with Crippen LogP contribution in [0.5, 0.6) is 0 Å². The molecule has 5 nitrogen and oxygen atoms in total. The predicted molar refractivity (Wildman–Crippen MR) is 94.7 cm³/mol. The Hall–Kier alpha value is -2.66. The molecule has 2 aromatic rings. The summed E-state index contributed by atoms with van der Waals surface area (Å²) in [7, 11) is 0. The number of aromatic nitrogens is 1. The lowest BCUT2D eigenvalue weighted by atomic mass is 10.2. The zero-order valence-electron chi connectivity index (χ0n) is 13.4. The molecule has 0 radical (unpaired) electrons. The van der Waals surface area contributed by atoms with E-state index in [0.29, 0.717) is 6.04 Å². The van der Waals surface area contributed by atoms with Crippen molar-refractivity contribution in [3.8, 4) is 0 Å². The molecule has 0 spiro atoms. The Morgan fingerprint density at radius 2 is 2.12 bits per heavy atom. The highest BCUT2D eigenvalue weighted by Crippen LogP contribution is 2.17. The van der Waals surface area contributed by atoms with E-state index in [1.54, 1.807) is 6.20 Å². The highest BCUT2D eigenvalue weighted by atomic mass is 16.4. The number of hydrogen-bond acceptors (Lipinski definition) is 4. The monoisotopic (exact) mass is 323 g/mol. The third-order valence-corrected chi connectivity index (χ3v) is 4.08. The van der Waals surface area contributed by atoms with Gasteiger partial charge in [-0.3, -0.25) is 4.90 Å². The van der Waals surface area contributed by atoms with Gasteiger partial charge in [-0.15, -0.1) is 0 Å². The number of likely N-dealkylation sites (tertiary alicyclic amines) is 1. The summed E-state index contributed by atoms with van der Waals surface area (Å²) < 4.78 is 0. The molecule has 1 aliphatic heterocycles. The topological polar surface area (TPSA) is 65.5 Å². The molecule has 0 unspecified atom stereocenters. The molecule has 124 valence electrons. The molecule has 24 heavy (non-hydrogen) atoms. The average molecular weight is 323 g/mol. The molecule has 1 fully saturated rings. The van der Waals surface area contributed by atoms with Gasteiger partial charge in [0.1, 0.15) is 5.82 Å². The second kappa shape index (κ2) is 7.75. The smallest absolute Gasteiger partial charge is 0.328 e. The first kappa shape index (κ1) is 16.2. The van der Waals surface area contributed by atoms with E-state index in [-0.39, 0.29) is 0 Å². The van der Waals surface area contributed by atoms with Crippen molar-refractivity contribution in [3.05, 3.63) is 65.9 Å². The van der Waals surface area contributed by atoms with Crippen LogP contribution < -0.4 is 5.32 Å². The zero-order valence-corrected chi connectivity index (χ0v) is 13.4. The van der Waals surface area contributed by atoms with Crippen molar-refractivity contribution in [2.24, 2.45) is 0 Å². The molecule has 3 rings (SSSR count). The van der Waals surface area contributed by atoms with Crippen LogP contribution in [0.15, 0.2) is 54.7 Å². The number of nitrogens with one attached hydrogen (secondary N) is 1. The Labute approximate surface area is 141 Å². The van der Waals surface area contributed by atoms with Crippen molar-refractivity contribution < 1.29 is 9.90 Å². The second-order valence-electron chi connectivity index (χ2n) is 6.00. The number of benzene rings is 1. The van der Waals surface area contributed by atoms with E-state index in [1.807, 2.05) is 18.2 Å². The molecule has 1 atom stereocenters. The second-order valence-corrected chi connectivity index (χ2v) is 6.00. The maximum absolute atomic E-state index is 10.5. The van der Waals surface area contributed by atoms with Gasteiger partial charge in [-0.1, -0.05) is 30.3 Å². The van der Waals surface area contributed by atoms with Gasteiger partial charge in [0.05, 0.1) is 0 Å². The van der Waals surface area contributed by atoms with Gasteiger partial charge in [0.15, 0.2) is 0 Å². The zero-order chi connectivity index (χ0) is 16.8. The summed E-state index contributed by atoms with van der Waals surface area (Å²) in [5.74, 6) is -0.129. The fourth-order valence-corrected chi connectivity index (χ4v) is 2.90. The number of aliphatic carboxylic acids is 1. The lowest BCUT2D eigenvalue weighted by Crippen LogP contribution is -2.26. The molecule has 2 N–H and O–H groups in total. The van der Waals surface area contributed by atoms with Gasteiger partial charge in [0.25, 0.3) is 0 Å². The van der Waals surface area contributed by atoms with Gasteiger partial charge in [0.2, 0.25) is 0 Å². The van der Waals surface area contributed by atoms with Crippen molar-refractivity contribution in [1.82, 2.24) is 9.88 Å². The van der Waals surface area contributed by atoms with Crippen molar-refractivity contribution in [1.29, 1.82) is 0 Å². The normalized spacial score (nSPS) is 18.1. The molecular weight excluding hydrogens is 302 g/mol. The van der Waals surface area contributed by atoms with E-state index < -0.39 is 5.97 Å². The first-order valence-electron chi connectivity index (χ1n) is 8.09. The molecule has 1 saturated heterocycles. The van der Waals surface area contributed by atoms with E-state index in [9.17, 15) is 4.79 Å². The van der Waals surface area contributed by atoms with Crippen LogP contribution in [-0.4, -0.2) is 40.1 Å². The van der Waals surface area contributed by atoms with E-state index in [1.165, 1.54) is 11.6 Å². The third kappa shape index (κ3) is 4.67. The molecular formula is C19H21N3O2. The number of carboxylic acids is 1. The Morgan fingerprint density at radius 1 is 1.29 bits per heavy atom. The molecule has 0 amide bonds. The van der Waals surface area contributed by atoms with E-state index in [4.69, 9.17) is 5.11 Å². The number of carbonyl (C=O) groups is 1. The fourth-order valence-electron chi connectivity index (χ4n) is 2.90. The Bertz CT molecular complexity index is 698. The Kier molecular flexibility index (Phi) is 5.23. The van der Waals surface area contributed by atoms with Gasteiger partial charge in [-0.25, -0.2) is 9.78 Å². The summed E-state index contributed by atoms with van der Waals surface area (Å²) >= 11 is 0. The Morgan fingerprint density at radius 3 is 2.83 bits per heavy atom. The lowest BCUT2D eigenvalue weighted by molar-refractivity contribution is -0.131. The summed E-state index contributed by atoms with van der Waals surface area (Å²) in [5, 5.41) is 12.1. The number of nitrogens with zero attached hydrogens (tertiary/aromatic N) is 2. The average Bonchev–Trinajstić information content (AvgIpc) is 3.02. The molecule has 1 aromatic heterocycles. The van der Waals surface area contributed by atoms with Crippen LogP contribution in [0.3, 0.4) is 0 Å². The fraction of sp³-hybridized carbons (Fsp3) is 0.263. The van der Waals surface area contributed by atoms with Crippen molar-refractivity contribution >= 4 is 17.9 Å². The van der Waals surface area contributed by atoms with Gasteiger partial charge < -0.3 is 10.4 Å². The summed E-state index contributed by atoms with van der Waals surface area (Å²) in [6.07, 6.45) is 5.42. The standard InChI is InChI=1S/C19H21N3O2/c23-19(24)9-7-15-6-8-18(20-12-15)21-17-10-11-22(14-17)13-16-4-2-1-3-5-16/h1-9,12,17H,10-11,13-14H2,(H,20,21)(H,23,24)/t17-/m1/s1. The van der Waals surface area contributed by atoms with Gasteiger partial charge in [-0.2, -0.15) is 0 Å². The molecule has 1 aliphatic rings. The Balaban J connectivity index is 1.51. The summed E-state index contributed by atoms with van der Waals surface area (Å²) in [6, 6.07) is 14.7. The van der Waals surface area contributed by atoms with E-state index in [2.05, 4.69) is 39.5 Å².